The maximum absolute atomic E-state index is 12.8. The first-order valence-electron chi connectivity index (χ1n) is 11.9. The van der Waals surface area contributed by atoms with Crippen LogP contribution in [0, 0.1) is 6.92 Å². The maximum Gasteiger partial charge on any atom is 0.255 e. The van der Waals surface area contributed by atoms with Crippen LogP contribution in [0.5, 0.6) is 0 Å². The highest BCUT2D eigenvalue weighted by molar-refractivity contribution is 6.04. The van der Waals surface area contributed by atoms with Crippen molar-refractivity contribution in [2.75, 3.05) is 38.5 Å². The Morgan fingerprint density at radius 3 is 2.19 bits per heavy atom. The molecule has 182 valence electrons. The zero-order valence-corrected chi connectivity index (χ0v) is 20.3. The zero-order valence-electron chi connectivity index (χ0n) is 20.3. The lowest BCUT2D eigenvalue weighted by molar-refractivity contribution is 0.0664. The average molecular weight is 482 g/mol. The van der Waals surface area contributed by atoms with E-state index < -0.39 is 0 Å². The van der Waals surface area contributed by atoms with Gasteiger partial charge in [-0.3, -0.25) is 14.4 Å². The summed E-state index contributed by atoms with van der Waals surface area (Å²) in [7, 11) is 2.05. The van der Waals surface area contributed by atoms with Gasteiger partial charge in [0, 0.05) is 54.6 Å². The van der Waals surface area contributed by atoms with Crippen LogP contribution in [0.15, 0.2) is 82.0 Å². The highest BCUT2D eigenvalue weighted by Crippen LogP contribution is 2.23. The molecule has 0 atom stereocenters. The number of piperazine rings is 1. The van der Waals surface area contributed by atoms with Crippen molar-refractivity contribution < 1.29 is 14.0 Å². The molecule has 7 nitrogen and oxygen atoms in total. The van der Waals surface area contributed by atoms with E-state index in [0.29, 0.717) is 52.2 Å². The number of benzene rings is 3. The van der Waals surface area contributed by atoms with Crippen LogP contribution in [0.1, 0.15) is 26.3 Å². The number of likely N-dealkylation sites (N-methyl/N-ethyl adjacent to an activating group) is 1. The summed E-state index contributed by atoms with van der Waals surface area (Å²) >= 11 is 0. The number of carbonyl (C=O) groups is 2. The van der Waals surface area contributed by atoms with Crippen LogP contribution in [-0.4, -0.2) is 54.8 Å². The Bertz CT molecular complexity index is 1480. The largest absolute Gasteiger partial charge is 0.456 e. The zero-order chi connectivity index (χ0) is 25.2. The third-order valence-electron chi connectivity index (χ3n) is 6.49. The van der Waals surface area contributed by atoms with Gasteiger partial charge in [0.2, 0.25) is 0 Å². The van der Waals surface area contributed by atoms with Gasteiger partial charge in [0.25, 0.3) is 11.8 Å². The summed E-state index contributed by atoms with van der Waals surface area (Å²) < 4.78 is 5.93. The van der Waals surface area contributed by atoms with Gasteiger partial charge in [0.1, 0.15) is 11.3 Å². The third kappa shape index (κ3) is 4.92. The van der Waals surface area contributed by atoms with E-state index in [-0.39, 0.29) is 17.2 Å². The fraction of sp³-hybridized carbons (Fsp3) is 0.207. The van der Waals surface area contributed by atoms with E-state index >= 15 is 0 Å². The molecule has 2 amide bonds. The van der Waals surface area contributed by atoms with Crippen LogP contribution in [0.2, 0.25) is 0 Å². The number of hydrogen-bond acceptors (Lipinski definition) is 5. The van der Waals surface area contributed by atoms with Crippen molar-refractivity contribution in [3.8, 4) is 11.3 Å². The lowest BCUT2D eigenvalue weighted by Crippen LogP contribution is -2.47. The summed E-state index contributed by atoms with van der Waals surface area (Å²) in [6.07, 6.45) is 0. The van der Waals surface area contributed by atoms with Crippen LogP contribution in [0.25, 0.3) is 22.3 Å². The lowest BCUT2D eigenvalue weighted by Gasteiger charge is -2.32. The number of carbonyl (C=O) groups excluding carboxylic acids is 2. The Hall–Kier alpha value is -4.23. The first kappa shape index (κ1) is 23.5. The number of nitrogens with one attached hydrogen (secondary N) is 1. The molecule has 1 saturated heterocycles. The predicted molar refractivity (Wildman–Crippen MR) is 140 cm³/mol. The number of rotatable bonds is 4. The molecule has 4 aromatic rings. The summed E-state index contributed by atoms with van der Waals surface area (Å²) in [6, 6.07) is 20.8. The monoisotopic (exact) mass is 481 g/mol. The van der Waals surface area contributed by atoms with Crippen molar-refractivity contribution in [1.82, 2.24) is 9.80 Å². The van der Waals surface area contributed by atoms with E-state index in [2.05, 4.69) is 17.3 Å². The fourth-order valence-electron chi connectivity index (χ4n) is 4.29. The van der Waals surface area contributed by atoms with Crippen molar-refractivity contribution in [2.24, 2.45) is 0 Å². The molecule has 1 aliphatic rings. The van der Waals surface area contributed by atoms with E-state index in [4.69, 9.17) is 4.42 Å². The second-order valence-corrected chi connectivity index (χ2v) is 9.18. The van der Waals surface area contributed by atoms with Gasteiger partial charge >= 0.3 is 0 Å². The van der Waals surface area contributed by atoms with Crippen molar-refractivity contribution in [3.05, 3.63) is 99.7 Å². The number of aryl methyl sites for hydroxylation is 1. The molecule has 1 aliphatic heterocycles. The Morgan fingerprint density at radius 2 is 1.50 bits per heavy atom. The number of nitrogens with zero attached hydrogens (tertiary/aromatic N) is 2. The van der Waals surface area contributed by atoms with Crippen LogP contribution < -0.4 is 10.7 Å². The minimum absolute atomic E-state index is 0.00652. The minimum atomic E-state index is -0.268. The van der Waals surface area contributed by atoms with E-state index in [0.717, 1.165) is 18.7 Å². The molecule has 0 radical (unpaired) electrons. The summed E-state index contributed by atoms with van der Waals surface area (Å²) in [4.78, 5) is 42.0. The Labute approximate surface area is 208 Å². The normalized spacial score (nSPS) is 14.1. The minimum Gasteiger partial charge on any atom is -0.456 e. The highest BCUT2D eigenvalue weighted by Gasteiger charge is 2.20. The molecule has 1 N–H and O–H groups in total. The lowest BCUT2D eigenvalue weighted by atomic mass is 10.1. The van der Waals surface area contributed by atoms with Crippen molar-refractivity contribution in [3.63, 3.8) is 0 Å². The Kier molecular flexibility index (Phi) is 6.40. The molecule has 2 heterocycles. The van der Waals surface area contributed by atoms with E-state index in [1.54, 1.807) is 54.6 Å². The van der Waals surface area contributed by atoms with Gasteiger partial charge < -0.3 is 19.5 Å². The van der Waals surface area contributed by atoms with Crippen molar-refractivity contribution in [1.29, 1.82) is 0 Å². The predicted octanol–water partition coefficient (Wildman–Crippen LogP) is 4.41. The number of anilines is 1. The van der Waals surface area contributed by atoms with Gasteiger partial charge in [-0.25, -0.2) is 0 Å². The quantitative estimate of drug-likeness (QED) is 0.467. The summed E-state index contributed by atoms with van der Waals surface area (Å²) in [5.41, 5.74) is 3.80. The molecule has 0 bridgehead atoms. The summed E-state index contributed by atoms with van der Waals surface area (Å²) in [5.74, 6) is 0.186. The molecule has 3 aromatic carbocycles. The van der Waals surface area contributed by atoms with Crippen molar-refractivity contribution in [2.45, 2.75) is 6.92 Å². The van der Waals surface area contributed by atoms with E-state index in [1.807, 2.05) is 24.0 Å². The molecule has 1 fully saturated rings. The smallest absolute Gasteiger partial charge is 0.255 e. The van der Waals surface area contributed by atoms with Crippen LogP contribution in [-0.2, 0) is 0 Å². The first-order chi connectivity index (χ1) is 17.4. The van der Waals surface area contributed by atoms with Crippen LogP contribution in [0.4, 0.5) is 5.69 Å². The van der Waals surface area contributed by atoms with Crippen LogP contribution in [0.3, 0.4) is 0 Å². The maximum atomic E-state index is 12.8. The highest BCUT2D eigenvalue weighted by atomic mass is 16.3. The molecule has 0 saturated carbocycles. The summed E-state index contributed by atoms with van der Waals surface area (Å²) in [6.45, 7) is 5.09. The standard InChI is InChI=1S/C29H27N3O4/c1-19-3-12-26-24(17-19)25(33)18-27(36-26)20-4-6-21(7-5-20)28(34)30-23-10-8-22(9-11-23)29(35)32-15-13-31(2)14-16-32/h3-12,17-18H,13-16H2,1-2H3,(H,30,34). The second kappa shape index (κ2) is 9.79. The van der Waals surface area contributed by atoms with Gasteiger partial charge in [-0.1, -0.05) is 23.8 Å². The number of amides is 2. The molecular weight excluding hydrogens is 454 g/mol. The Balaban J connectivity index is 1.26. The SMILES string of the molecule is Cc1ccc2oc(-c3ccc(C(=O)Nc4ccc(C(=O)N5CCN(C)CC5)cc4)cc3)cc(=O)c2c1. The second-order valence-electron chi connectivity index (χ2n) is 9.18. The molecule has 0 spiro atoms. The molecule has 0 aliphatic carbocycles. The molecule has 1 aromatic heterocycles. The topological polar surface area (TPSA) is 82.9 Å². The fourth-order valence-corrected chi connectivity index (χ4v) is 4.29. The number of hydrogen-bond donors (Lipinski definition) is 1. The van der Waals surface area contributed by atoms with Gasteiger partial charge in [0.05, 0.1) is 5.39 Å². The molecule has 7 heteroatoms. The third-order valence-corrected chi connectivity index (χ3v) is 6.49. The first-order valence-corrected chi connectivity index (χ1v) is 11.9. The summed E-state index contributed by atoms with van der Waals surface area (Å²) in [5, 5.41) is 3.41. The van der Waals surface area contributed by atoms with Gasteiger partial charge in [-0.2, -0.15) is 0 Å². The Morgan fingerprint density at radius 1 is 0.833 bits per heavy atom. The van der Waals surface area contributed by atoms with E-state index in [9.17, 15) is 14.4 Å². The molecule has 5 rings (SSSR count). The van der Waals surface area contributed by atoms with Gasteiger partial charge in [0.15, 0.2) is 5.43 Å². The van der Waals surface area contributed by atoms with Gasteiger partial charge in [-0.05, 0) is 62.5 Å². The molecule has 36 heavy (non-hydrogen) atoms. The molecule has 0 unspecified atom stereocenters. The van der Waals surface area contributed by atoms with Crippen molar-refractivity contribution >= 4 is 28.5 Å². The average Bonchev–Trinajstić information content (AvgIpc) is 2.89. The van der Waals surface area contributed by atoms with Gasteiger partial charge in [-0.15, -0.1) is 0 Å². The molecular formula is C29H27N3O4. The van der Waals surface area contributed by atoms with Crippen LogP contribution >= 0.6 is 0 Å². The number of fused-ring (bicyclic) bond motifs is 1. The van der Waals surface area contributed by atoms with E-state index in [1.165, 1.54) is 6.07 Å².